The van der Waals surface area contributed by atoms with Crippen molar-refractivity contribution < 1.29 is 4.79 Å². The Morgan fingerprint density at radius 3 is 2.76 bits per heavy atom. The normalized spacial score (nSPS) is 18.1. The van der Waals surface area contributed by atoms with Gasteiger partial charge in [-0.3, -0.25) is 9.69 Å². The molecule has 25 heavy (non-hydrogen) atoms. The van der Waals surface area contributed by atoms with Crippen LogP contribution in [0.15, 0.2) is 42.5 Å². The first kappa shape index (κ1) is 18.0. The minimum atomic E-state index is 0.0258. The van der Waals surface area contributed by atoms with Crippen LogP contribution in [0.1, 0.15) is 29.5 Å². The molecule has 2 aromatic carbocycles. The van der Waals surface area contributed by atoms with Gasteiger partial charge in [-0.05, 0) is 68.1 Å². The van der Waals surface area contributed by atoms with Gasteiger partial charge in [-0.25, -0.2) is 0 Å². The van der Waals surface area contributed by atoms with E-state index >= 15 is 0 Å². The summed E-state index contributed by atoms with van der Waals surface area (Å²) in [6, 6.07) is 14.0. The number of hydrogen-bond donors (Lipinski definition) is 1. The SMILES string of the molecule is Cc1ccc(NC(=O)[C@H]2CCCN(Cc3ccccc3Cl)C2)cc1C. The predicted molar refractivity (Wildman–Crippen MR) is 104 cm³/mol. The maximum atomic E-state index is 12.7. The summed E-state index contributed by atoms with van der Waals surface area (Å²) in [5.74, 6) is 0.143. The molecule has 1 amide bonds. The zero-order chi connectivity index (χ0) is 17.8. The van der Waals surface area contributed by atoms with Crippen LogP contribution in [-0.2, 0) is 11.3 Å². The van der Waals surface area contributed by atoms with Gasteiger partial charge < -0.3 is 5.32 Å². The average molecular weight is 357 g/mol. The topological polar surface area (TPSA) is 32.3 Å². The molecular weight excluding hydrogens is 332 g/mol. The van der Waals surface area contributed by atoms with Gasteiger partial charge in [-0.1, -0.05) is 35.9 Å². The highest BCUT2D eigenvalue weighted by Gasteiger charge is 2.26. The van der Waals surface area contributed by atoms with Crippen molar-refractivity contribution >= 4 is 23.2 Å². The maximum absolute atomic E-state index is 12.7. The van der Waals surface area contributed by atoms with E-state index in [2.05, 4.69) is 36.2 Å². The molecular formula is C21H25ClN2O. The van der Waals surface area contributed by atoms with Gasteiger partial charge in [0.15, 0.2) is 0 Å². The largest absolute Gasteiger partial charge is 0.326 e. The number of benzene rings is 2. The Kier molecular flexibility index (Phi) is 5.77. The van der Waals surface area contributed by atoms with Crippen LogP contribution in [0.25, 0.3) is 0 Å². The predicted octanol–water partition coefficient (Wildman–Crippen LogP) is 4.81. The summed E-state index contributed by atoms with van der Waals surface area (Å²) in [4.78, 5) is 15.0. The van der Waals surface area contributed by atoms with Crippen molar-refractivity contribution in [2.45, 2.75) is 33.2 Å². The number of amides is 1. The summed E-state index contributed by atoms with van der Waals surface area (Å²) in [6.07, 6.45) is 1.98. The fourth-order valence-corrected chi connectivity index (χ4v) is 3.54. The van der Waals surface area contributed by atoms with Crippen molar-refractivity contribution in [1.29, 1.82) is 0 Å². The van der Waals surface area contributed by atoms with Crippen molar-refractivity contribution in [2.24, 2.45) is 5.92 Å². The fourth-order valence-electron chi connectivity index (χ4n) is 3.34. The monoisotopic (exact) mass is 356 g/mol. The molecule has 1 saturated heterocycles. The highest BCUT2D eigenvalue weighted by atomic mass is 35.5. The van der Waals surface area contributed by atoms with Crippen LogP contribution in [0.5, 0.6) is 0 Å². The molecule has 4 heteroatoms. The second-order valence-corrected chi connectivity index (χ2v) is 7.36. The molecule has 2 aromatic rings. The Bertz CT molecular complexity index is 759. The van der Waals surface area contributed by atoms with Gasteiger partial charge >= 0.3 is 0 Å². The Morgan fingerprint density at radius 1 is 1.20 bits per heavy atom. The van der Waals surface area contributed by atoms with Gasteiger partial charge in [0.2, 0.25) is 5.91 Å². The van der Waals surface area contributed by atoms with E-state index in [1.807, 2.05) is 30.3 Å². The molecule has 0 radical (unpaired) electrons. The molecule has 0 spiro atoms. The number of piperidine rings is 1. The maximum Gasteiger partial charge on any atom is 0.228 e. The molecule has 0 bridgehead atoms. The van der Waals surface area contributed by atoms with Gasteiger partial charge in [0, 0.05) is 23.8 Å². The average Bonchev–Trinajstić information content (AvgIpc) is 2.60. The summed E-state index contributed by atoms with van der Waals surface area (Å²) < 4.78 is 0. The van der Waals surface area contributed by atoms with Crippen molar-refractivity contribution in [3.8, 4) is 0 Å². The Balaban J connectivity index is 1.61. The molecule has 3 nitrogen and oxygen atoms in total. The number of rotatable bonds is 4. The molecule has 1 aliphatic rings. The summed E-state index contributed by atoms with van der Waals surface area (Å²) in [5, 5.41) is 3.88. The molecule has 3 rings (SSSR count). The number of nitrogens with zero attached hydrogens (tertiary/aromatic N) is 1. The Hall–Kier alpha value is -1.84. The third-order valence-corrected chi connectivity index (χ3v) is 5.37. The second kappa shape index (κ2) is 8.03. The quantitative estimate of drug-likeness (QED) is 0.852. The van der Waals surface area contributed by atoms with Gasteiger partial charge in [0.1, 0.15) is 0 Å². The number of hydrogen-bond acceptors (Lipinski definition) is 2. The molecule has 1 aliphatic heterocycles. The van der Waals surface area contributed by atoms with Gasteiger partial charge in [-0.2, -0.15) is 0 Å². The van der Waals surface area contributed by atoms with Crippen LogP contribution in [-0.4, -0.2) is 23.9 Å². The number of carbonyl (C=O) groups is 1. The van der Waals surface area contributed by atoms with Crippen LogP contribution in [0.2, 0.25) is 5.02 Å². The van der Waals surface area contributed by atoms with E-state index in [-0.39, 0.29) is 11.8 Å². The first-order valence-electron chi connectivity index (χ1n) is 8.87. The smallest absolute Gasteiger partial charge is 0.228 e. The molecule has 0 aliphatic carbocycles. The third kappa shape index (κ3) is 4.62. The number of nitrogens with one attached hydrogen (secondary N) is 1. The van der Waals surface area contributed by atoms with Crippen molar-refractivity contribution in [3.05, 3.63) is 64.2 Å². The minimum Gasteiger partial charge on any atom is -0.326 e. The first-order chi connectivity index (χ1) is 12.0. The molecule has 0 unspecified atom stereocenters. The van der Waals surface area contributed by atoms with E-state index in [0.29, 0.717) is 0 Å². The lowest BCUT2D eigenvalue weighted by molar-refractivity contribution is -0.121. The van der Waals surface area contributed by atoms with E-state index in [1.165, 1.54) is 11.1 Å². The van der Waals surface area contributed by atoms with E-state index in [0.717, 1.165) is 48.7 Å². The summed E-state index contributed by atoms with van der Waals surface area (Å²) in [6.45, 7) is 6.74. The van der Waals surface area contributed by atoms with Crippen molar-refractivity contribution in [2.75, 3.05) is 18.4 Å². The van der Waals surface area contributed by atoms with Crippen LogP contribution < -0.4 is 5.32 Å². The first-order valence-corrected chi connectivity index (χ1v) is 9.24. The fraction of sp³-hybridized carbons (Fsp3) is 0.381. The number of likely N-dealkylation sites (tertiary alicyclic amines) is 1. The summed E-state index contributed by atoms with van der Waals surface area (Å²) >= 11 is 6.27. The van der Waals surface area contributed by atoms with Crippen LogP contribution in [0.4, 0.5) is 5.69 Å². The number of aryl methyl sites for hydroxylation is 2. The van der Waals surface area contributed by atoms with E-state index < -0.39 is 0 Å². The van der Waals surface area contributed by atoms with Gasteiger partial charge in [-0.15, -0.1) is 0 Å². The molecule has 1 heterocycles. The summed E-state index contributed by atoms with van der Waals surface area (Å²) in [5.41, 5.74) is 4.44. The Morgan fingerprint density at radius 2 is 2.00 bits per heavy atom. The minimum absolute atomic E-state index is 0.0258. The number of anilines is 1. The molecule has 132 valence electrons. The number of halogens is 1. The van der Waals surface area contributed by atoms with Crippen molar-refractivity contribution in [3.63, 3.8) is 0 Å². The lowest BCUT2D eigenvalue weighted by atomic mass is 9.96. The van der Waals surface area contributed by atoms with Crippen LogP contribution in [0.3, 0.4) is 0 Å². The summed E-state index contributed by atoms with van der Waals surface area (Å²) in [7, 11) is 0. The zero-order valence-electron chi connectivity index (χ0n) is 14.9. The van der Waals surface area contributed by atoms with E-state index in [9.17, 15) is 4.79 Å². The molecule has 0 saturated carbocycles. The molecule has 0 aromatic heterocycles. The second-order valence-electron chi connectivity index (χ2n) is 6.95. The lowest BCUT2D eigenvalue weighted by Gasteiger charge is -2.32. The van der Waals surface area contributed by atoms with Crippen molar-refractivity contribution in [1.82, 2.24) is 4.90 Å². The molecule has 1 N–H and O–H groups in total. The van der Waals surface area contributed by atoms with Gasteiger partial charge in [0.25, 0.3) is 0 Å². The molecule has 1 fully saturated rings. The molecule has 1 atom stereocenters. The Labute approximate surface area is 155 Å². The highest BCUT2D eigenvalue weighted by Crippen LogP contribution is 2.23. The number of carbonyl (C=O) groups excluding carboxylic acids is 1. The van der Waals surface area contributed by atoms with Gasteiger partial charge in [0.05, 0.1) is 5.92 Å². The van der Waals surface area contributed by atoms with E-state index in [4.69, 9.17) is 11.6 Å². The van der Waals surface area contributed by atoms with Crippen LogP contribution >= 0.6 is 11.6 Å². The highest BCUT2D eigenvalue weighted by molar-refractivity contribution is 6.31. The third-order valence-electron chi connectivity index (χ3n) is 5.00. The van der Waals surface area contributed by atoms with Crippen LogP contribution in [0, 0.1) is 19.8 Å². The zero-order valence-corrected chi connectivity index (χ0v) is 15.6. The van der Waals surface area contributed by atoms with E-state index in [1.54, 1.807) is 0 Å². The standard InChI is InChI=1S/C21H25ClN2O/c1-15-9-10-19(12-16(15)2)23-21(25)18-7-5-11-24(14-18)13-17-6-3-4-8-20(17)22/h3-4,6,8-10,12,18H,5,7,11,13-14H2,1-2H3,(H,23,25)/t18-/m0/s1. The lowest BCUT2D eigenvalue weighted by Crippen LogP contribution is -2.40.